The van der Waals surface area contributed by atoms with Gasteiger partial charge in [-0.05, 0) is 56.7 Å². The normalized spacial score (nSPS) is 15.9. The third-order valence-corrected chi connectivity index (χ3v) is 5.14. The number of carbonyl (C=O) groups excluding carboxylic acids is 3. The molecule has 1 fully saturated rings. The van der Waals surface area contributed by atoms with Gasteiger partial charge in [-0.3, -0.25) is 4.90 Å². The number of amides is 2. The molecule has 0 bridgehead atoms. The molecular weight excluding hydrogens is 466 g/mol. The number of carbonyl (C=O) groups is 3. The van der Waals surface area contributed by atoms with Gasteiger partial charge in [0.1, 0.15) is 24.0 Å². The number of cyclic esters (lactones) is 1. The number of nitrogens with zero attached hydrogens (tertiary/aromatic N) is 2. The van der Waals surface area contributed by atoms with Crippen LogP contribution in [0, 0.1) is 11.3 Å². The number of anilines is 1. The molecule has 1 heterocycles. The lowest BCUT2D eigenvalue weighted by Crippen LogP contribution is -2.45. The lowest BCUT2D eigenvalue weighted by molar-refractivity contribution is -0.143. The molecule has 3 rings (SSSR count). The van der Waals surface area contributed by atoms with Gasteiger partial charge in [-0.2, -0.15) is 5.26 Å². The fraction of sp³-hybridized carbons (Fsp3) is 0.385. The number of ether oxygens (including phenoxy) is 4. The summed E-state index contributed by atoms with van der Waals surface area (Å²) in [4.78, 5) is 38.0. The average Bonchev–Trinajstić information content (AvgIpc) is 3.22. The average molecular weight is 496 g/mol. The van der Waals surface area contributed by atoms with Crippen molar-refractivity contribution in [2.24, 2.45) is 0 Å². The first-order valence-corrected chi connectivity index (χ1v) is 11.4. The molecular formula is C26H29N3O7. The molecule has 36 heavy (non-hydrogen) atoms. The summed E-state index contributed by atoms with van der Waals surface area (Å²) in [6.07, 6.45) is -1.49. The molecule has 0 aromatic heterocycles. The van der Waals surface area contributed by atoms with Gasteiger partial charge < -0.3 is 24.3 Å². The van der Waals surface area contributed by atoms with E-state index >= 15 is 0 Å². The van der Waals surface area contributed by atoms with Gasteiger partial charge in [0, 0.05) is 12.1 Å². The van der Waals surface area contributed by atoms with E-state index in [-0.39, 0.29) is 13.0 Å². The maximum absolute atomic E-state index is 12.3. The fourth-order valence-electron chi connectivity index (χ4n) is 3.49. The van der Waals surface area contributed by atoms with Crippen LogP contribution >= 0.6 is 0 Å². The summed E-state index contributed by atoms with van der Waals surface area (Å²) in [7, 11) is 1.25. The second-order valence-electron chi connectivity index (χ2n) is 9.16. The lowest BCUT2D eigenvalue weighted by atomic mass is 10.1. The van der Waals surface area contributed by atoms with E-state index in [0.29, 0.717) is 23.5 Å². The Balaban J connectivity index is 1.55. The summed E-state index contributed by atoms with van der Waals surface area (Å²) < 4.78 is 21.2. The molecule has 2 amide bonds. The minimum atomic E-state index is -0.917. The van der Waals surface area contributed by atoms with Crippen molar-refractivity contribution in [3.8, 4) is 11.8 Å². The first kappa shape index (κ1) is 26.3. The van der Waals surface area contributed by atoms with Crippen molar-refractivity contribution >= 4 is 23.8 Å². The number of nitrogens with one attached hydrogen (secondary N) is 1. The number of hydrogen-bond acceptors (Lipinski definition) is 8. The van der Waals surface area contributed by atoms with E-state index in [1.165, 1.54) is 12.0 Å². The molecule has 10 nitrogen and oxygen atoms in total. The van der Waals surface area contributed by atoms with E-state index in [2.05, 4.69) is 11.4 Å². The van der Waals surface area contributed by atoms with Crippen LogP contribution in [-0.2, 0) is 25.4 Å². The fourth-order valence-corrected chi connectivity index (χ4v) is 3.49. The number of benzene rings is 2. The lowest BCUT2D eigenvalue weighted by Gasteiger charge is -2.22. The van der Waals surface area contributed by atoms with Crippen molar-refractivity contribution < 1.29 is 33.3 Å². The number of methoxy groups -OCH3 is 1. The molecule has 0 aliphatic carbocycles. The smallest absolute Gasteiger partial charge is 0.414 e. The Hall–Kier alpha value is -4.26. The number of rotatable bonds is 8. The Labute approximate surface area is 209 Å². The Bertz CT molecular complexity index is 1140. The van der Waals surface area contributed by atoms with E-state index in [1.54, 1.807) is 69.3 Å². The molecule has 2 aromatic rings. The summed E-state index contributed by atoms with van der Waals surface area (Å²) in [6.45, 7) is 5.63. The van der Waals surface area contributed by atoms with Crippen LogP contribution in [0.4, 0.5) is 15.3 Å². The van der Waals surface area contributed by atoms with Gasteiger partial charge in [0.25, 0.3) is 0 Å². The van der Waals surface area contributed by atoms with Gasteiger partial charge in [0.15, 0.2) is 6.10 Å². The second-order valence-corrected chi connectivity index (χ2v) is 9.16. The molecule has 2 atom stereocenters. The first-order chi connectivity index (χ1) is 17.1. The zero-order valence-electron chi connectivity index (χ0n) is 20.6. The maximum atomic E-state index is 12.3. The SMILES string of the molecule is COC(=O)C(Cc1ccc(OCC2CN(c3cccc(C#N)c3)C(=O)O2)cc1)NC(=O)OC(C)(C)C. The highest BCUT2D eigenvalue weighted by molar-refractivity contribution is 5.90. The molecule has 1 aliphatic heterocycles. The number of nitriles is 1. The molecule has 0 saturated carbocycles. The van der Waals surface area contributed by atoms with E-state index in [4.69, 9.17) is 24.2 Å². The van der Waals surface area contributed by atoms with Crippen molar-refractivity contribution in [3.63, 3.8) is 0 Å². The molecule has 10 heteroatoms. The Morgan fingerprint density at radius 1 is 1.22 bits per heavy atom. The summed E-state index contributed by atoms with van der Waals surface area (Å²) in [5.41, 5.74) is 1.11. The number of alkyl carbamates (subject to hydrolysis) is 1. The zero-order chi connectivity index (χ0) is 26.3. The van der Waals surface area contributed by atoms with Gasteiger partial charge in [0.2, 0.25) is 0 Å². The molecule has 1 aliphatic rings. The van der Waals surface area contributed by atoms with E-state index in [9.17, 15) is 14.4 Å². The van der Waals surface area contributed by atoms with Crippen LogP contribution in [0.15, 0.2) is 48.5 Å². The van der Waals surface area contributed by atoms with E-state index in [0.717, 1.165) is 5.56 Å². The quantitative estimate of drug-likeness (QED) is 0.435. The predicted octanol–water partition coefficient (Wildman–Crippen LogP) is 3.57. The second kappa shape index (κ2) is 11.4. The topological polar surface area (TPSA) is 127 Å². The molecule has 2 aromatic carbocycles. The van der Waals surface area contributed by atoms with Crippen LogP contribution in [-0.4, -0.2) is 56.2 Å². The van der Waals surface area contributed by atoms with Crippen LogP contribution in [0.2, 0.25) is 0 Å². The molecule has 0 radical (unpaired) electrons. The summed E-state index contributed by atoms with van der Waals surface area (Å²) in [5.74, 6) is -0.0384. The Morgan fingerprint density at radius 3 is 2.58 bits per heavy atom. The molecule has 2 unspecified atom stereocenters. The molecule has 0 spiro atoms. The van der Waals surface area contributed by atoms with Gasteiger partial charge in [-0.25, -0.2) is 14.4 Å². The Kier molecular flexibility index (Phi) is 8.38. The van der Waals surface area contributed by atoms with Gasteiger partial charge in [-0.15, -0.1) is 0 Å². The minimum absolute atomic E-state index is 0.143. The van der Waals surface area contributed by atoms with Crippen molar-refractivity contribution in [1.29, 1.82) is 5.26 Å². The largest absolute Gasteiger partial charge is 0.490 e. The number of esters is 1. The summed E-state index contributed by atoms with van der Waals surface area (Å²) >= 11 is 0. The Morgan fingerprint density at radius 2 is 1.94 bits per heavy atom. The standard InChI is InChI=1S/C26H29N3O7/c1-26(2,3)36-24(31)28-22(23(30)33-4)13-17-8-10-20(11-9-17)34-16-21-15-29(25(32)35-21)19-7-5-6-18(12-19)14-27/h5-12,21-22H,13,15-16H2,1-4H3,(H,28,31). The highest BCUT2D eigenvalue weighted by Gasteiger charge is 2.33. The van der Waals surface area contributed by atoms with Gasteiger partial charge in [-0.1, -0.05) is 18.2 Å². The monoisotopic (exact) mass is 495 g/mol. The van der Waals surface area contributed by atoms with Crippen LogP contribution in [0.5, 0.6) is 5.75 Å². The number of hydrogen-bond donors (Lipinski definition) is 1. The summed E-state index contributed by atoms with van der Waals surface area (Å²) in [5, 5.41) is 11.6. The van der Waals surface area contributed by atoms with Crippen molar-refractivity contribution in [2.75, 3.05) is 25.2 Å². The molecule has 190 valence electrons. The first-order valence-electron chi connectivity index (χ1n) is 11.4. The van der Waals surface area contributed by atoms with Crippen LogP contribution < -0.4 is 15.0 Å². The van der Waals surface area contributed by atoms with Crippen molar-refractivity contribution in [3.05, 3.63) is 59.7 Å². The highest BCUT2D eigenvalue weighted by Crippen LogP contribution is 2.23. The van der Waals surface area contributed by atoms with Gasteiger partial charge >= 0.3 is 18.2 Å². The third-order valence-electron chi connectivity index (χ3n) is 5.14. The highest BCUT2D eigenvalue weighted by atomic mass is 16.6. The third kappa shape index (κ3) is 7.37. The van der Waals surface area contributed by atoms with E-state index in [1.807, 2.05) is 0 Å². The molecule has 1 N–H and O–H groups in total. The van der Waals surface area contributed by atoms with Crippen molar-refractivity contribution in [2.45, 2.75) is 44.9 Å². The van der Waals surface area contributed by atoms with Crippen LogP contribution in [0.25, 0.3) is 0 Å². The van der Waals surface area contributed by atoms with E-state index < -0.39 is 35.9 Å². The van der Waals surface area contributed by atoms with Gasteiger partial charge in [0.05, 0.1) is 25.3 Å². The van der Waals surface area contributed by atoms with Crippen LogP contribution in [0.3, 0.4) is 0 Å². The predicted molar refractivity (Wildman–Crippen MR) is 130 cm³/mol. The minimum Gasteiger partial charge on any atom is -0.490 e. The zero-order valence-corrected chi connectivity index (χ0v) is 20.6. The summed E-state index contributed by atoms with van der Waals surface area (Å²) in [6, 6.07) is 14.9. The molecule has 1 saturated heterocycles. The maximum Gasteiger partial charge on any atom is 0.414 e. The van der Waals surface area contributed by atoms with Crippen molar-refractivity contribution in [1.82, 2.24) is 5.32 Å². The van der Waals surface area contributed by atoms with Crippen LogP contribution in [0.1, 0.15) is 31.9 Å².